The van der Waals surface area contributed by atoms with E-state index >= 15 is 0 Å². The lowest BCUT2D eigenvalue weighted by atomic mass is 9.88. The van der Waals surface area contributed by atoms with Gasteiger partial charge in [-0.2, -0.15) is 5.10 Å². The minimum absolute atomic E-state index is 0.0792. The number of aryl methyl sites for hydroxylation is 1. The van der Waals surface area contributed by atoms with E-state index in [-0.39, 0.29) is 23.6 Å². The summed E-state index contributed by atoms with van der Waals surface area (Å²) in [5.74, 6) is -4.06. The van der Waals surface area contributed by atoms with Crippen LogP contribution < -0.4 is 0 Å². The number of rotatable bonds is 3. The topological polar surface area (TPSA) is 47.4 Å². The number of hydrogen-bond donors (Lipinski definition) is 0. The van der Waals surface area contributed by atoms with Crippen LogP contribution in [0.5, 0.6) is 0 Å². The zero-order valence-corrected chi connectivity index (χ0v) is 19.4. The highest BCUT2D eigenvalue weighted by molar-refractivity contribution is 5.95. The number of nitrogens with zero attached hydrogens (tertiary/aromatic N) is 3. The highest BCUT2D eigenvalue weighted by Crippen LogP contribution is 2.40. The van der Waals surface area contributed by atoms with Gasteiger partial charge in [-0.1, -0.05) is 13.0 Å². The van der Waals surface area contributed by atoms with Crippen molar-refractivity contribution in [3.8, 4) is 11.3 Å². The number of amides is 1. The van der Waals surface area contributed by atoms with Crippen molar-refractivity contribution in [2.75, 3.05) is 6.61 Å². The van der Waals surface area contributed by atoms with Gasteiger partial charge >= 0.3 is 0 Å². The Morgan fingerprint density at radius 3 is 2.59 bits per heavy atom. The largest absolute Gasteiger partial charge is 0.376 e. The van der Waals surface area contributed by atoms with Crippen LogP contribution in [0.3, 0.4) is 0 Å². The Balaban J connectivity index is 1.54. The van der Waals surface area contributed by atoms with Crippen LogP contribution >= 0.6 is 0 Å². The molecule has 2 aliphatic heterocycles. The van der Waals surface area contributed by atoms with E-state index in [9.17, 15) is 18.0 Å². The SMILES string of the molecule is CCC1Cc2c(nn(C)c2-c2cc(F)c(F)c(F)c2)C(C)N1C(=O)c1ccc2c(c1)COCC2. The molecule has 0 radical (unpaired) electrons. The van der Waals surface area contributed by atoms with Gasteiger partial charge in [0.1, 0.15) is 0 Å². The van der Waals surface area contributed by atoms with Gasteiger partial charge < -0.3 is 9.64 Å². The minimum atomic E-state index is -1.49. The van der Waals surface area contributed by atoms with Crippen molar-refractivity contribution >= 4 is 5.91 Å². The number of carbonyl (C=O) groups is 1. The lowest BCUT2D eigenvalue weighted by Gasteiger charge is -2.40. The first-order valence-corrected chi connectivity index (χ1v) is 11.5. The molecule has 0 fully saturated rings. The summed E-state index contributed by atoms with van der Waals surface area (Å²) in [4.78, 5) is 15.5. The number of carbonyl (C=O) groups excluding carboxylic acids is 1. The third-order valence-electron chi connectivity index (χ3n) is 7.01. The molecule has 0 aliphatic carbocycles. The Hall–Kier alpha value is -3.13. The third-order valence-corrected chi connectivity index (χ3v) is 7.01. The number of hydrogen-bond acceptors (Lipinski definition) is 3. The zero-order valence-electron chi connectivity index (χ0n) is 19.4. The lowest BCUT2D eigenvalue weighted by molar-refractivity contribution is 0.0545. The minimum Gasteiger partial charge on any atom is -0.376 e. The second-order valence-electron chi connectivity index (χ2n) is 9.03. The van der Waals surface area contributed by atoms with Crippen LogP contribution in [0.4, 0.5) is 13.2 Å². The fourth-order valence-corrected chi connectivity index (χ4v) is 5.29. The molecule has 5 nitrogen and oxygen atoms in total. The Kier molecular flexibility index (Phi) is 5.72. The lowest BCUT2D eigenvalue weighted by Crippen LogP contribution is -2.46. The summed E-state index contributed by atoms with van der Waals surface area (Å²) in [6.07, 6.45) is 2.02. The molecule has 2 atom stereocenters. The van der Waals surface area contributed by atoms with Crippen LogP contribution in [0, 0.1) is 17.5 Å². The van der Waals surface area contributed by atoms with E-state index in [1.54, 1.807) is 11.7 Å². The summed E-state index contributed by atoms with van der Waals surface area (Å²) in [7, 11) is 1.69. The summed E-state index contributed by atoms with van der Waals surface area (Å²) >= 11 is 0. The number of halogens is 3. The van der Waals surface area contributed by atoms with Gasteiger partial charge in [-0.25, -0.2) is 13.2 Å². The van der Waals surface area contributed by atoms with Crippen LogP contribution in [0.1, 0.15) is 59.1 Å². The van der Waals surface area contributed by atoms with E-state index in [2.05, 4.69) is 5.10 Å². The first kappa shape index (κ1) is 22.7. The first-order chi connectivity index (χ1) is 16.3. The zero-order chi connectivity index (χ0) is 24.1. The molecule has 1 aromatic heterocycles. The van der Waals surface area contributed by atoms with Crippen molar-refractivity contribution in [1.82, 2.24) is 14.7 Å². The molecule has 0 saturated heterocycles. The highest BCUT2D eigenvalue weighted by atomic mass is 19.2. The average molecular weight is 470 g/mol. The van der Waals surface area contributed by atoms with Crippen molar-refractivity contribution in [2.24, 2.45) is 7.05 Å². The number of ether oxygens (including phenoxy) is 1. The second-order valence-corrected chi connectivity index (χ2v) is 9.03. The van der Waals surface area contributed by atoms with Gasteiger partial charge in [-0.3, -0.25) is 9.48 Å². The molecule has 178 valence electrons. The molecule has 34 heavy (non-hydrogen) atoms. The Labute approximate surface area is 196 Å². The second kappa shape index (κ2) is 8.58. The van der Waals surface area contributed by atoms with Gasteiger partial charge in [0.2, 0.25) is 0 Å². The molecular weight excluding hydrogens is 443 g/mol. The fraction of sp³-hybridized carbons (Fsp3) is 0.385. The molecule has 0 bridgehead atoms. The Morgan fingerprint density at radius 2 is 1.88 bits per heavy atom. The standard InChI is InChI=1S/C26H26F3N3O2/c1-4-19-12-20-24(30-31(3)25(20)17-10-21(27)23(29)22(28)11-17)14(2)32(19)26(33)16-6-5-15-7-8-34-13-18(15)9-16/h5-6,9-11,14,19H,4,7-8,12-13H2,1-3H3. The molecule has 0 spiro atoms. The Bertz CT molecular complexity index is 1260. The average Bonchev–Trinajstić information content (AvgIpc) is 3.17. The molecule has 8 heteroatoms. The van der Waals surface area contributed by atoms with E-state index < -0.39 is 17.5 Å². The van der Waals surface area contributed by atoms with Gasteiger partial charge in [0.25, 0.3) is 5.91 Å². The summed E-state index contributed by atoms with van der Waals surface area (Å²) in [6, 6.07) is 7.31. The van der Waals surface area contributed by atoms with E-state index in [4.69, 9.17) is 4.74 Å². The summed E-state index contributed by atoms with van der Waals surface area (Å²) < 4.78 is 48.6. The van der Waals surface area contributed by atoms with Crippen molar-refractivity contribution in [2.45, 2.75) is 51.8 Å². The maximum Gasteiger partial charge on any atom is 0.254 e. The quantitative estimate of drug-likeness (QED) is 0.501. The molecule has 3 aromatic rings. The number of aromatic nitrogens is 2. The van der Waals surface area contributed by atoms with E-state index in [1.807, 2.05) is 36.9 Å². The summed E-state index contributed by atoms with van der Waals surface area (Å²) in [6.45, 7) is 5.12. The predicted octanol–water partition coefficient (Wildman–Crippen LogP) is 5.12. The monoisotopic (exact) mass is 469 g/mol. The van der Waals surface area contributed by atoms with Crippen LogP contribution in [-0.2, 0) is 31.2 Å². The van der Waals surface area contributed by atoms with Crippen LogP contribution in [0.2, 0.25) is 0 Å². The molecule has 2 aromatic carbocycles. The Morgan fingerprint density at radius 1 is 1.15 bits per heavy atom. The summed E-state index contributed by atoms with van der Waals surface area (Å²) in [5.41, 5.74) is 5.13. The molecule has 0 saturated carbocycles. The number of fused-ring (bicyclic) bond motifs is 2. The van der Waals surface area contributed by atoms with E-state index in [1.165, 1.54) is 5.56 Å². The molecule has 2 aliphatic rings. The van der Waals surface area contributed by atoms with E-state index in [0.29, 0.717) is 43.0 Å². The molecule has 5 rings (SSSR count). The normalized spacial score (nSPS) is 19.6. The van der Waals surface area contributed by atoms with Gasteiger partial charge in [0.05, 0.1) is 30.6 Å². The third kappa shape index (κ3) is 3.60. The molecule has 0 N–H and O–H groups in total. The van der Waals surface area contributed by atoms with Crippen molar-refractivity contribution in [1.29, 1.82) is 0 Å². The van der Waals surface area contributed by atoms with Crippen molar-refractivity contribution in [3.63, 3.8) is 0 Å². The fourth-order valence-electron chi connectivity index (χ4n) is 5.29. The summed E-state index contributed by atoms with van der Waals surface area (Å²) in [5, 5.41) is 4.62. The van der Waals surface area contributed by atoms with Crippen molar-refractivity contribution < 1.29 is 22.7 Å². The smallest absolute Gasteiger partial charge is 0.254 e. The molecular formula is C26H26F3N3O2. The highest BCUT2D eigenvalue weighted by Gasteiger charge is 2.39. The van der Waals surface area contributed by atoms with E-state index in [0.717, 1.165) is 29.7 Å². The van der Waals surface area contributed by atoms with Gasteiger partial charge in [0, 0.05) is 29.8 Å². The van der Waals surface area contributed by atoms with Crippen LogP contribution in [0.25, 0.3) is 11.3 Å². The first-order valence-electron chi connectivity index (χ1n) is 11.5. The van der Waals surface area contributed by atoms with Crippen LogP contribution in [0.15, 0.2) is 30.3 Å². The maximum absolute atomic E-state index is 14.0. The molecule has 2 unspecified atom stereocenters. The van der Waals surface area contributed by atoms with Gasteiger partial charge in [0.15, 0.2) is 17.5 Å². The van der Waals surface area contributed by atoms with Gasteiger partial charge in [-0.05, 0) is 61.6 Å². The maximum atomic E-state index is 14.0. The van der Waals surface area contributed by atoms with Gasteiger partial charge in [-0.15, -0.1) is 0 Å². The predicted molar refractivity (Wildman–Crippen MR) is 121 cm³/mol. The number of benzene rings is 2. The molecule has 1 amide bonds. The molecule has 3 heterocycles. The van der Waals surface area contributed by atoms with Crippen LogP contribution in [-0.4, -0.2) is 33.2 Å². The van der Waals surface area contributed by atoms with Crippen molar-refractivity contribution in [3.05, 3.63) is 75.7 Å².